The topological polar surface area (TPSA) is 73.7 Å². The zero-order chi connectivity index (χ0) is 20.8. The van der Waals surface area contributed by atoms with E-state index < -0.39 is 0 Å². The number of hydrogen-bond acceptors (Lipinski definition) is 5. The van der Waals surface area contributed by atoms with Gasteiger partial charge in [0.2, 0.25) is 0 Å². The minimum atomic E-state index is 0.0288. The molecular formula is C23H29N4O2S+. The van der Waals surface area contributed by atoms with Crippen LogP contribution in [0.15, 0.2) is 29.1 Å². The van der Waals surface area contributed by atoms with Gasteiger partial charge in [-0.05, 0) is 49.8 Å². The zero-order valence-electron chi connectivity index (χ0n) is 17.6. The van der Waals surface area contributed by atoms with E-state index in [9.17, 15) is 9.90 Å². The van der Waals surface area contributed by atoms with Crippen LogP contribution in [0, 0.1) is 5.92 Å². The van der Waals surface area contributed by atoms with Gasteiger partial charge in [-0.2, -0.15) is 0 Å². The van der Waals surface area contributed by atoms with Crippen LogP contribution >= 0.6 is 11.3 Å². The fraction of sp³-hybridized carbons (Fsp3) is 0.478. The maximum atomic E-state index is 12.9. The molecule has 0 amide bonds. The van der Waals surface area contributed by atoms with Crippen molar-refractivity contribution in [2.45, 2.75) is 39.2 Å². The molecule has 0 unspecified atom stereocenters. The number of aromatic nitrogens is 2. The fourth-order valence-corrected chi connectivity index (χ4v) is 6.35. The molecule has 3 aromatic rings. The van der Waals surface area contributed by atoms with Crippen molar-refractivity contribution in [2.24, 2.45) is 5.92 Å². The molecule has 0 spiro atoms. The fourth-order valence-electron chi connectivity index (χ4n) is 4.96. The summed E-state index contributed by atoms with van der Waals surface area (Å²) in [5.41, 5.74) is 2.17. The number of phenolic OH excluding ortho intramolecular Hbond substituents is 1. The van der Waals surface area contributed by atoms with Crippen LogP contribution in [-0.4, -0.2) is 41.3 Å². The Hall–Kier alpha value is -2.38. The average Bonchev–Trinajstić information content (AvgIpc) is 3.11. The summed E-state index contributed by atoms with van der Waals surface area (Å²) >= 11 is 1.72. The smallest absolute Gasteiger partial charge is 0.260 e. The van der Waals surface area contributed by atoms with Crippen LogP contribution in [-0.2, 0) is 12.8 Å². The third-order valence-electron chi connectivity index (χ3n) is 6.83. The van der Waals surface area contributed by atoms with Crippen molar-refractivity contribution in [2.75, 3.05) is 31.1 Å². The summed E-state index contributed by atoms with van der Waals surface area (Å²) in [6.07, 6.45) is 3.22. The summed E-state index contributed by atoms with van der Waals surface area (Å²) in [4.78, 5) is 26.9. The van der Waals surface area contributed by atoms with Gasteiger partial charge >= 0.3 is 0 Å². The number of nitrogens with one attached hydrogen (secondary N) is 2. The number of rotatable bonds is 3. The molecule has 0 radical (unpaired) electrons. The highest BCUT2D eigenvalue weighted by molar-refractivity contribution is 7.18. The van der Waals surface area contributed by atoms with E-state index in [1.807, 2.05) is 18.2 Å². The number of anilines is 1. The summed E-state index contributed by atoms with van der Waals surface area (Å²) in [6.45, 7) is 8.07. The van der Waals surface area contributed by atoms with E-state index in [1.165, 1.54) is 15.3 Å². The van der Waals surface area contributed by atoms with E-state index in [2.05, 4.69) is 23.7 Å². The Kier molecular flexibility index (Phi) is 5.03. The normalized spacial score (nSPS) is 21.0. The molecule has 7 heteroatoms. The van der Waals surface area contributed by atoms with Crippen molar-refractivity contribution in [1.82, 2.24) is 9.97 Å². The molecule has 3 N–H and O–H groups in total. The summed E-state index contributed by atoms with van der Waals surface area (Å²) in [5, 5.41) is 11.0. The first-order chi connectivity index (χ1) is 14.5. The Morgan fingerprint density at radius 2 is 2.07 bits per heavy atom. The number of piperazine rings is 1. The lowest BCUT2D eigenvalue weighted by Crippen LogP contribution is -3.14. The van der Waals surface area contributed by atoms with Crippen LogP contribution < -0.4 is 15.4 Å². The molecule has 30 heavy (non-hydrogen) atoms. The lowest BCUT2D eigenvalue weighted by Gasteiger charge is -2.36. The number of aromatic hydroxyl groups is 1. The standard InChI is InChI=1S/C23H28N4O2S/c1-14-7-8-16-19(13-14)30-23-20(16)22(29)24-21(25-23)15(2)26-9-11-27(12-10-26)17-5-3-4-6-18(17)28/h3-6,14-15,28H,7-13H2,1-2H3,(H,24,25,29)/p+1/t14-,15+/m1/s1. The van der Waals surface area contributed by atoms with E-state index in [1.54, 1.807) is 17.4 Å². The van der Waals surface area contributed by atoms with Crippen LogP contribution in [0.1, 0.15) is 42.6 Å². The van der Waals surface area contributed by atoms with Crippen LogP contribution in [0.2, 0.25) is 0 Å². The Morgan fingerprint density at radius 1 is 1.30 bits per heavy atom. The number of nitrogens with zero attached hydrogens (tertiary/aromatic N) is 2. The van der Waals surface area contributed by atoms with Crippen molar-refractivity contribution < 1.29 is 10.0 Å². The first-order valence-corrected chi connectivity index (χ1v) is 11.7. The van der Waals surface area contributed by atoms with Crippen molar-refractivity contribution in [3.63, 3.8) is 0 Å². The Balaban J connectivity index is 1.36. The van der Waals surface area contributed by atoms with Gasteiger partial charge in [0.15, 0.2) is 5.82 Å². The number of hydrogen-bond donors (Lipinski definition) is 3. The van der Waals surface area contributed by atoms with Gasteiger partial charge in [0.1, 0.15) is 16.6 Å². The van der Waals surface area contributed by atoms with Crippen LogP contribution in [0.5, 0.6) is 5.75 Å². The third kappa shape index (κ3) is 3.40. The predicted molar refractivity (Wildman–Crippen MR) is 121 cm³/mol. The predicted octanol–water partition coefficient (Wildman–Crippen LogP) is 2.28. The number of benzene rings is 1. The molecule has 2 aliphatic rings. The molecule has 1 saturated heterocycles. The SMILES string of the molecule is C[C@@H]1CCc2c(sc3nc([C@H](C)[NH+]4CCN(c5ccccc5O)CC4)[nH]c(=O)c23)C1. The van der Waals surface area contributed by atoms with Gasteiger partial charge in [-0.1, -0.05) is 19.1 Å². The molecule has 3 heterocycles. The summed E-state index contributed by atoms with van der Waals surface area (Å²) in [7, 11) is 0. The van der Waals surface area contributed by atoms with Crippen molar-refractivity contribution >= 4 is 27.2 Å². The lowest BCUT2D eigenvalue weighted by atomic mass is 9.89. The minimum absolute atomic E-state index is 0.0288. The van der Waals surface area contributed by atoms with Crippen LogP contribution in [0.3, 0.4) is 0 Å². The highest BCUT2D eigenvalue weighted by atomic mass is 32.1. The quantitative estimate of drug-likeness (QED) is 0.602. The average molecular weight is 426 g/mol. The van der Waals surface area contributed by atoms with E-state index in [4.69, 9.17) is 4.98 Å². The first kappa shape index (κ1) is 19.6. The second-order valence-corrected chi connectivity index (χ2v) is 9.92. The van der Waals surface area contributed by atoms with Gasteiger partial charge in [-0.25, -0.2) is 4.98 Å². The third-order valence-corrected chi connectivity index (χ3v) is 7.98. The van der Waals surface area contributed by atoms with Gasteiger partial charge in [0.05, 0.1) is 37.3 Å². The van der Waals surface area contributed by atoms with Crippen LogP contribution in [0.4, 0.5) is 5.69 Å². The number of thiophene rings is 1. The number of H-pyrrole nitrogens is 1. The number of fused-ring (bicyclic) bond motifs is 3. The zero-order valence-corrected chi connectivity index (χ0v) is 18.4. The number of aryl methyl sites for hydroxylation is 1. The molecule has 0 bridgehead atoms. The molecule has 1 aliphatic carbocycles. The molecule has 5 rings (SSSR count). The highest BCUT2D eigenvalue weighted by Crippen LogP contribution is 2.35. The Bertz CT molecular complexity index is 1130. The minimum Gasteiger partial charge on any atom is -0.506 e. The summed E-state index contributed by atoms with van der Waals surface area (Å²) < 4.78 is 0. The molecule has 1 fully saturated rings. The maximum Gasteiger partial charge on any atom is 0.260 e. The number of quaternary nitrogens is 1. The van der Waals surface area contributed by atoms with E-state index in [-0.39, 0.29) is 11.6 Å². The molecular weight excluding hydrogens is 396 g/mol. The largest absolute Gasteiger partial charge is 0.506 e. The summed E-state index contributed by atoms with van der Waals surface area (Å²) in [5.74, 6) is 1.82. The van der Waals surface area contributed by atoms with E-state index in [0.717, 1.165) is 67.2 Å². The molecule has 2 aromatic heterocycles. The molecule has 1 aliphatic heterocycles. The highest BCUT2D eigenvalue weighted by Gasteiger charge is 2.29. The van der Waals surface area contributed by atoms with Crippen LogP contribution in [0.25, 0.3) is 10.2 Å². The van der Waals surface area contributed by atoms with Crippen molar-refractivity contribution in [1.29, 1.82) is 0 Å². The molecule has 2 atom stereocenters. The van der Waals surface area contributed by atoms with Gasteiger partial charge < -0.3 is 19.9 Å². The van der Waals surface area contributed by atoms with Gasteiger partial charge in [-0.15, -0.1) is 11.3 Å². The van der Waals surface area contributed by atoms with Crippen molar-refractivity contribution in [3.05, 3.63) is 50.9 Å². The Labute approximate surface area is 180 Å². The van der Waals surface area contributed by atoms with E-state index >= 15 is 0 Å². The number of aromatic amines is 1. The first-order valence-electron chi connectivity index (χ1n) is 10.9. The summed E-state index contributed by atoms with van der Waals surface area (Å²) in [6, 6.07) is 7.65. The number of phenols is 1. The Morgan fingerprint density at radius 3 is 2.83 bits per heavy atom. The number of para-hydroxylation sites is 2. The molecule has 158 valence electrons. The van der Waals surface area contributed by atoms with Gasteiger partial charge in [0.25, 0.3) is 5.56 Å². The second kappa shape index (κ2) is 7.71. The molecule has 0 saturated carbocycles. The molecule has 6 nitrogen and oxygen atoms in total. The van der Waals surface area contributed by atoms with Gasteiger partial charge in [-0.3, -0.25) is 4.79 Å². The second-order valence-electron chi connectivity index (χ2n) is 8.84. The maximum absolute atomic E-state index is 12.9. The van der Waals surface area contributed by atoms with E-state index in [0.29, 0.717) is 11.7 Å². The lowest BCUT2D eigenvalue weighted by molar-refractivity contribution is -0.930. The monoisotopic (exact) mass is 425 g/mol. The molecule has 1 aromatic carbocycles. The van der Waals surface area contributed by atoms with Crippen molar-refractivity contribution in [3.8, 4) is 5.75 Å². The van der Waals surface area contributed by atoms with Gasteiger partial charge in [0, 0.05) is 4.88 Å².